The van der Waals surface area contributed by atoms with E-state index in [0.29, 0.717) is 0 Å². The Kier molecular flexibility index (Phi) is 4.31. The number of rotatable bonds is 2. The molecule has 0 amide bonds. The Morgan fingerprint density at radius 2 is 1.26 bits per heavy atom. The first-order valence-electron chi connectivity index (χ1n) is 7.16. The van der Waals surface area contributed by atoms with E-state index in [4.69, 9.17) is 0 Å². The highest BCUT2D eigenvalue weighted by atomic mass is 32.1. The molecule has 0 bridgehead atoms. The first kappa shape index (κ1) is 13.3. The lowest BCUT2D eigenvalue weighted by atomic mass is 10.3. The van der Waals surface area contributed by atoms with Crippen LogP contribution in [-0.2, 0) is 0 Å². The monoisotopic (exact) mass is 287 g/mol. The standard InChI is InChI=1S/C17H21P2/c1-4-10-16(11-5-1)19(15-9-3-8-14-18-19)17-12-6-2-7-13-17/h1-2,4-7,10-13,18H,3,8-9,14-15H2/q+1. The summed E-state index contributed by atoms with van der Waals surface area (Å²) in [4.78, 5) is 0. The van der Waals surface area contributed by atoms with Crippen molar-refractivity contribution in [3.8, 4) is 0 Å². The smallest absolute Gasteiger partial charge is 0.0620 e. The summed E-state index contributed by atoms with van der Waals surface area (Å²) in [5.41, 5.74) is 0. The maximum atomic E-state index is 2.37. The van der Waals surface area contributed by atoms with Crippen LogP contribution in [0.3, 0.4) is 0 Å². The van der Waals surface area contributed by atoms with Crippen molar-refractivity contribution in [2.75, 3.05) is 12.3 Å². The summed E-state index contributed by atoms with van der Waals surface area (Å²) in [7, 11) is 1.12. The van der Waals surface area contributed by atoms with E-state index in [1.54, 1.807) is 10.6 Å². The van der Waals surface area contributed by atoms with Gasteiger partial charge in [0.05, 0.1) is 21.4 Å². The van der Waals surface area contributed by atoms with Crippen LogP contribution in [0.5, 0.6) is 0 Å². The van der Waals surface area contributed by atoms with E-state index in [1.165, 1.54) is 31.6 Å². The molecule has 3 rings (SSSR count). The van der Waals surface area contributed by atoms with Crippen molar-refractivity contribution in [3.63, 3.8) is 0 Å². The lowest BCUT2D eigenvalue weighted by molar-refractivity contribution is 0.788. The van der Waals surface area contributed by atoms with Gasteiger partial charge in [-0.3, -0.25) is 0 Å². The molecular weight excluding hydrogens is 266 g/mol. The molecule has 2 aromatic carbocycles. The third-order valence-electron chi connectivity index (χ3n) is 3.95. The maximum absolute atomic E-state index is 2.37. The van der Waals surface area contributed by atoms with Crippen LogP contribution < -0.4 is 10.6 Å². The van der Waals surface area contributed by atoms with Crippen molar-refractivity contribution in [1.82, 2.24) is 0 Å². The minimum absolute atomic E-state index is 1.11. The first-order chi connectivity index (χ1) is 9.42. The molecule has 0 spiro atoms. The molecule has 19 heavy (non-hydrogen) atoms. The molecule has 1 fully saturated rings. The van der Waals surface area contributed by atoms with Gasteiger partial charge in [0.2, 0.25) is 0 Å². The van der Waals surface area contributed by atoms with Crippen LogP contribution in [0.1, 0.15) is 19.3 Å². The summed E-state index contributed by atoms with van der Waals surface area (Å²) >= 11 is 0. The average molecular weight is 287 g/mol. The minimum Gasteiger partial charge on any atom is -0.0620 e. The van der Waals surface area contributed by atoms with Crippen LogP contribution in [0.2, 0.25) is 0 Å². The third-order valence-corrected chi connectivity index (χ3v) is 12.9. The van der Waals surface area contributed by atoms with E-state index in [9.17, 15) is 0 Å². The second-order valence-electron chi connectivity index (χ2n) is 5.17. The second-order valence-corrected chi connectivity index (χ2v) is 12.3. The first-order valence-corrected chi connectivity index (χ1v) is 11.2. The number of hydrogen-bond donors (Lipinski definition) is 0. The predicted octanol–water partition coefficient (Wildman–Crippen LogP) is 4.43. The van der Waals surface area contributed by atoms with Crippen molar-refractivity contribution >= 4 is 25.8 Å². The van der Waals surface area contributed by atoms with Gasteiger partial charge in [-0.2, -0.15) is 0 Å². The maximum Gasteiger partial charge on any atom is 0.101 e. The SMILES string of the molecule is c1ccc([P+]2(c3ccccc3)CCCCCP2)cc1. The van der Waals surface area contributed by atoms with Crippen LogP contribution in [0.4, 0.5) is 0 Å². The molecule has 2 heteroatoms. The molecule has 0 saturated carbocycles. The molecule has 0 aliphatic carbocycles. The largest absolute Gasteiger partial charge is 0.101 e. The summed E-state index contributed by atoms with van der Waals surface area (Å²) in [5, 5.41) is 3.25. The molecule has 0 radical (unpaired) electrons. The van der Waals surface area contributed by atoms with Crippen molar-refractivity contribution in [2.45, 2.75) is 19.3 Å². The zero-order valence-electron chi connectivity index (χ0n) is 11.3. The average Bonchev–Trinajstić information content (AvgIpc) is 2.76. The molecular formula is C17H21P2+. The van der Waals surface area contributed by atoms with Crippen molar-refractivity contribution in [3.05, 3.63) is 60.7 Å². The fourth-order valence-corrected chi connectivity index (χ4v) is 11.7. The van der Waals surface area contributed by atoms with Crippen LogP contribution in [0.15, 0.2) is 60.7 Å². The Bertz CT molecular complexity index is 458. The molecule has 0 nitrogen and oxygen atoms in total. The zero-order chi connectivity index (χ0) is 13.0. The summed E-state index contributed by atoms with van der Waals surface area (Å²) in [5.74, 6) is 0. The highest BCUT2D eigenvalue weighted by Gasteiger charge is 2.42. The topological polar surface area (TPSA) is 0 Å². The van der Waals surface area contributed by atoms with Gasteiger partial charge in [-0.05, 0) is 43.5 Å². The Morgan fingerprint density at radius 3 is 1.84 bits per heavy atom. The van der Waals surface area contributed by atoms with Crippen LogP contribution in [-0.4, -0.2) is 12.3 Å². The van der Waals surface area contributed by atoms with Crippen LogP contribution in [0, 0.1) is 0 Å². The number of hydrogen-bond acceptors (Lipinski definition) is 0. The fraction of sp³-hybridized carbons (Fsp3) is 0.294. The third kappa shape index (κ3) is 2.76. The lowest BCUT2D eigenvalue weighted by Gasteiger charge is -2.25. The fourth-order valence-electron chi connectivity index (χ4n) is 2.95. The molecule has 0 aromatic heterocycles. The highest BCUT2D eigenvalue weighted by Crippen LogP contribution is 2.73. The molecule has 1 saturated heterocycles. The molecule has 98 valence electrons. The predicted molar refractivity (Wildman–Crippen MR) is 91.0 cm³/mol. The minimum atomic E-state index is -1.11. The van der Waals surface area contributed by atoms with Gasteiger partial charge in [-0.1, -0.05) is 36.4 Å². The molecule has 1 aliphatic rings. The molecule has 1 heterocycles. The van der Waals surface area contributed by atoms with Crippen molar-refractivity contribution < 1.29 is 0 Å². The van der Waals surface area contributed by atoms with Gasteiger partial charge in [0, 0.05) is 6.16 Å². The number of benzene rings is 2. The van der Waals surface area contributed by atoms with Crippen LogP contribution >= 0.6 is 15.2 Å². The summed E-state index contributed by atoms with van der Waals surface area (Å²) in [6, 6.07) is 22.7. The van der Waals surface area contributed by atoms with Gasteiger partial charge in [0.15, 0.2) is 0 Å². The van der Waals surface area contributed by atoms with Crippen molar-refractivity contribution in [2.24, 2.45) is 0 Å². The quantitative estimate of drug-likeness (QED) is 0.717. The second kappa shape index (κ2) is 6.17. The van der Waals surface area contributed by atoms with E-state index in [1.807, 2.05) is 0 Å². The highest BCUT2D eigenvalue weighted by molar-refractivity contribution is 8.38. The Morgan fingerprint density at radius 1 is 0.684 bits per heavy atom. The van der Waals surface area contributed by atoms with Crippen molar-refractivity contribution in [1.29, 1.82) is 0 Å². The van der Waals surface area contributed by atoms with E-state index in [2.05, 4.69) is 60.7 Å². The van der Waals surface area contributed by atoms with Gasteiger partial charge in [-0.15, -0.1) is 0 Å². The van der Waals surface area contributed by atoms with E-state index < -0.39 is 6.95 Å². The van der Waals surface area contributed by atoms with Crippen LogP contribution in [0.25, 0.3) is 0 Å². The van der Waals surface area contributed by atoms with Gasteiger partial charge in [0.25, 0.3) is 0 Å². The Labute approximate surface area is 118 Å². The Hall–Kier alpha value is -0.700. The molecule has 1 aliphatic heterocycles. The van der Waals surface area contributed by atoms with E-state index in [-0.39, 0.29) is 0 Å². The summed E-state index contributed by atoms with van der Waals surface area (Å²) in [6.07, 6.45) is 7.11. The normalized spacial score (nSPS) is 20.0. The van der Waals surface area contributed by atoms with E-state index >= 15 is 0 Å². The summed E-state index contributed by atoms with van der Waals surface area (Å²) in [6.45, 7) is -1.11. The molecule has 1 unspecified atom stereocenters. The molecule has 0 N–H and O–H groups in total. The zero-order valence-corrected chi connectivity index (χ0v) is 13.2. The van der Waals surface area contributed by atoms with Gasteiger partial charge < -0.3 is 0 Å². The van der Waals surface area contributed by atoms with Gasteiger partial charge in [0.1, 0.15) is 10.6 Å². The van der Waals surface area contributed by atoms with Gasteiger partial charge >= 0.3 is 0 Å². The molecule has 1 atom stereocenters. The lowest BCUT2D eigenvalue weighted by Crippen LogP contribution is -2.21. The Balaban J connectivity index is 2.09. The molecule has 2 aromatic rings. The van der Waals surface area contributed by atoms with E-state index in [0.717, 1.165) is 8.27 Å². The summed E-state index contributed by atoms with van der Waals surface area (Å²) < 4.78 is 0. The van der Waals surface area contributed by atoms with Gasteiger partial charge in [-0.25, -0.2) is 0 Å².